The van der Waals surface area contributed by atoms with Gasteiger partial charge in [0, 0.05) is 5.56 Å². The molecule has 2 aromatic rings. The minimum atomic E-state index is -0.198. The lowest BCUT2D eigenvalue weighted by Gasteiger charge is -2.08. The van der Waals surface area contributed by atoms with Crippen LogP contribution in [0.3, 0.4) is 0 Å². The van der Waals surface area contributed by atoms with Crippen LogP contribution in [-0.2, 0) is 0 Å². The molecule has 0 unspecified atom stereocenters. The number of hydrogen-bond acceptors (Lipinski definition) is 2. The van der Waals surface area contributed by atoms with Gasteiger partial charge in [-0.15, -0.1) is 0 Å². The molecule has 0 heterocycles. The number of benzene rings is 2. The van der Waals surface area contributed by atoms with Crippen molar-refractivity contribution in [3.63, 3.8) is 0 Å². The molecular weight excluding hydrogens is 262 g/mol. The number of hydrogen-bond donors (Lipinski definition) is 1. The molecule has 0 bridgehead atoms. The zero-order valence-corrected chi connectivity index (χ0v) is 11.3. The standard InChI is InChI=1S/C15H14ClNO2/c1-2-19-12-9-7-11(8-10-12)15(18)17-14-6-4-3-5-13(14)16/h3-10H,2H2,1H3,(H,17,18). The van der Waals surface area contributed by atoms with Crippen LogP contribution in [0.5, 0.6) is 5.75 Å². The number of rotatable bonds is 4. The van der Waals surface area contributed by atoms with Crippen molar-refractivity contribution in [3.8, 4) is 5.75 Å². The predicted octanol–water partition coefficient (Wildman–Crippen LogP) is 3.99. The highest BCUT2D eigenvalue weighted by Gasteiger charge is 2.08. The van der Waals surface area contributed by atoms with E-state index < -0.39 is 0 Å². The monoisotopic (exact) mass is 275 g/mol. The van der Waals surface area contributed by atoms with E-state index in [-0.39, 0.29) is 5.91 Å². The summed E-state index contributed by atoms with van der Waals surface area (Å²) in [6.45, 7) is 2.52. The van der Waals surface area contributed by atoms with Gasteiger partial charge in [0.05, 0.1) is 17.3 Å². The molecule has 0 aliphatic carbocycles. The van der Waals surface area contributed by atoms with Gasteiger partial charge >= 0.3 is 0 Å². The van der Waals surface area contributed by atoms with Crippen LogP contribution in [0.25, 0.3) is 0 Å². The van der Waals surface area contributed by atoms with E-state index in [1.165, 1.54) is 0 Å². The first kappa shape index (κ1) is 13.4. The van der Waals surface area contributed by atoms with Gasteiger partial charge in [-0.1, -0.05) is 23.7 Å². The average Bonchev–Trinajstić information content (AvgIpc) is 2.42. The summed E-state index contributed by atoms with van der Waals surface area (Å²) in [5.41, 5.74) is 1.16. The summed E-state index contributed by atoms with van der Waals surface area (Å²) in [6.07, 6.45) is 0. The number of ether oxygens (including phenoxy) is 1. The Labute approximate surface area is 117 Å². The number of para-hydroxylation sites is 1. The molecule has 0 spiro atoms. The Bertz CT molecular complexity index is 567. The average molecular weight is 276 g/mol. The van der Waals surface area contributed by atoms with Crippen molar-refractivity contribution in [2.24, 2.45) is 0 Å². The number of anilines is 1. The number of halogens is 1. The van der Waals surface area contributed by atoms with Gasteiger partial charge in [-0.2, -0.15) is 0 Å². The van der Waals surface area contributed by atoms with Crippen LogP contribution in [0.1, 0.15) is 17.3 Å². The Morgan fingerprint density at radius 3 is 2.47 bits per heavy atom. The smallest absolute Gasteiger partial charge is 0.255 e. The molecule has 3 nitrogen and oxygen atoms in total. The van der Waals surface area contributed by atoms with Gasteiger partial charge in [0.25, 0.3) is 5.91 Å². The van der Waals surface area contributed by atoms with Crippen molar-refractivity contribution in [2.75, 3.05) is 11.9 Å². The molecule has 2 rings (SSSR count). The molecule has 0 saturated heterocycles. The third kappa shape index (κ3) is 3.48. The first-order valence-corrected chi connectivity index (χ1v) is 6.37. The van der Waals surface area contributed by atoms with Crippen molar-refractivity contribution in [2.45, 2.75) is 6.92 Å². The topological polar surface area (TPSA) is 38.3 Å². The van der Waals surface area contributed by atoms with Crippen LogP contribution >= 0.6 is 11.6 Å². The Morgan fingerprint density at radius 1 is 1.16 bits per heavy atom. The van der Waals surface area contributed by atoms with Crippen molar-refractivity contribution in [1.82, 2.24) is 0 Å². The van der Waals surface area contributed by atoms with Crippen LogP contribution in [0.4, 0.5) is 5.69 Å². The van der Waals surface area contributed by atoms with Crippen molar-refractivity contribution >= 4 is 23.2 Å². The van der Waals surface area contributed by atoms with E-state index in [1.807, 2.05) is 19.1 Å². The van der Waals surface area contributed by atoms with Crippen LogP contribution < -0.4 is 10.1 Å². The second-order valence-corrected chi connectivity index (χ2v) is 4.30. The SMILES string of the molecule is CCOc1ccc(C(=O)Nc2ccccc2Cl)cc1. The fourth-order valence-corrected chi connectivity index (χ4v) is 1.81. The maximum Gasteiger partial charge on any atom is 0.255 e. The molecule has 0 atom stereocenters. The second-order valence-electron chi connectivity index (χ2n) is 3.89. The van der Waals surface area contributed by atoms with Gasteiger partial charge in [-0.25, -0.2) is 0 Å². The highest BCUT2D eigenvalue weighted by atomic mass is 35.5. The summed E-state index contributed by atoms with van der Waals surface area (Å²) < 4.78 is 5.33. The van der Waals surface area contributed by atoms with E-state index in [1.54, 1.807) is 36.4 Å². The van der Waals surface area contributed by atoms with Gasteiger partial charge < -0.3 is 10.1 Å². The first-order valence-electron chi connectivity index (χ1n) is 5.99. The Morgan fingerprint density at radius 2 is 1.84 bits per heavy atom. The molecule has 0 radical (unpaired) electrons. The van der Waals surface area contributed by atoms with E-state index in [0.717, 1.165) is 5.75 Å². The fourth-order valence-electron chi connectivity index (χ4n) is 1.63. The lowest BCUT2D eigenvalue weighted by Crippen LogP contribution is -2.12. The largest absolute Gasteiger partial charge is 0.494 e. The molecule has 2 aromatic carbocycles. The van der Waals surface area contributed by atoms with Crippen molar-refractivity contribution in [1.29, 1.82) is 0 Å². The van der Waals surface area contributed by atoms with Gasteiger partial charge in [0.15, 0.2) is 0 Å². The van der Waals surface area contributed by atoms with Crippen LogP contribution in [0, 0.1) is 0 Å². The quantitative estimate of drug-likeness (QED) is 0.916. The van der Waals surface area contributed by atoms with Gasteiger partial charge in [-0.05, 0) is 43.3 Å². The minimum Gasteiger partial charge on any atom is -0.494 e. The first-order chi connectivity index (χ1) is 9.20. The molecular formula is C15H14ClNO2. The molecule has 0 saturated carbocycles. The zero-order chi connectivity index (χ0) is 13.7. The summed E-state index contributed by atoms with van der Waals surface area (Å²) in [5, 5.41) is 3.28. The van der Waals surface area contributed by atoms with E-state index >= 15 is 0 Å². The molecule has 0 aliphatic rings. The van der Waals surface area contributed by atoms with Gasteiger partial charge in [0.1, 0.15) is 5.75 Å². The number of carbonyl (C=O) groups is 1. The van der Waals surface area contributed by atoms with Crippen molar-refractivity contribution < 1.29 is 9.53 Å². The van der Waals surface area contributed by atoms with E-state index in [9.17, 15) is 4.79 Å². The Kier molecular flexibility index (Phi) is 4.42. The van der Waals surface area contributed by atoms with Gasteiger partial charge in [0.2, 0.25) is 0 Å². The second kappa shape index (κ2) is 6.25. The summed E-state index contributed by atoms with van der Waals surface area (Å²) in [7, 11) is 0. The maximum absolute atomic E-state index is 12.0. The molecule has 1 N–H and O–H groups in total. The van der Waals surface area contributed by atoms with E-state index in [4.69, 9.17) is 16.3 Å². The number of carbonyl (C=O) groups excluding carboxylic acids is 1. The summed E-state index contributed by atoms with van der Waals surface area (Å²) >= 11 is 5.99. The summed E-state index contributed by atoms with van der Waals surface area (Å²) in [6, 6.07) is 14.1. The summed E-state index contributed by atoms with van der Waals surface area (Å²) in [4.78, 5) is 12.0. The number of amides is 1. The molecule has 98 valence electrons. The molecule has 0 aromatic heterocycles. The van der Waals surface area contributed by atoms with E-state index in [2.05, 4.69) is 5.32 Å². The molecule has 1 amide bonds. The van der Waals surface area contributed by atoms with Crippen LogP contribution in [0.2, 0.25) is 5.02 Å². The van der Waals surface area contributed by atoms with Crippen LogP contribution in [0.15, 0.2) is 48.5 Å². The number of nitrogens with one attached hydrogen (secondary N) is 1. The molecule has 0 fully saturated rings. The normalized spacial score (nSPS) is 10.0. The maximum atomic E-state index is 12.0. The third-order valence-corrected chi connectivity index (χ3v) is 2.88. The predicted molar refractivity (Wildman–Crippen MR) is 77.0 cm³/mol. The van der Waals surface area contributed by atoms with Gasteiger partial charge in [-0.3, -0.25) is 4.79 Å². The molecule has 19 heavy (non-hydrogen) atoms. The lowest BCUT2D eigenvalue weighted by atomic mass is 10.2. The Hall–Kier alpha value is -2.00. The third-order valence-electron chi connectivity index (χ3n) is 2.55. The van der Waals surface area contributed by atoms with E-state index in [0.29, 0.717) is 22.9 Å². The fraction of sp³-hybridized carbons (Fsp3) is 0.133. The Balaban J connectivity index is 2.10. The van der Waals surface area contributed by atoms with Crippen LogP contribution in [-0.4, -0.2) is 12.5 Å². The van der Waals surface area contributed by atoms with Crippen molar-refractivity contribution in [3.05, 3.63) is 59.1 Å². The zero-order valence-electron chi connectivity index (χ0n) is 10.5. The molecule has 4 heteroatoms. The highest BCUT2D eigenvalue weighted by molar-refractivity contribution is 6.33. The molecule has 0 aliphatic heterocycles. The summed E-state index contributed by atoms with van der Waals surface area (Å²) in [5.74, 6) is 0.549. The lowest BCUT2D eigenvalue weighted by molar-refractivity contribution is 0.102. The minimum absolute atomic E-state index is 0.198. The highest BCUT2D eigenvalue weighted by Crippen LogP contribution is 2.21.